The van der Waals surface area contributed by atoms with E-state index in [0.717, 1.165) is 11.1 Å². The molecule has 7 heteroatoms. The number of aliphatic imine (C=N–C) groups is 1. The molecule has 1 aromatic heterocycles. The van der Waals surface area contributed by atoms with Gasteiger partial charge < -0.3 is 14.5 Å². The van der Waals surface area contributed by atoms with Crippen LogP contribution in [-0.2, 0) is 9.53 Å². The molecule has 1 fully saturated rings. The monoisotopic (exact) mass is 317 g/mol. The Morgan fingerprint density at radius 2 is 2.36 bits per heavy atom. The summed E-state index contributed by atoms with van der Waals surface area (Å²) in [5, 5.41) is 3.34. The molecule has 1 aromatic carbocycles. The van der Waals surface area contributed by atoms with E-state index in [0.29, 0.717) is 34.7 Å². The standard InChI is InChI=1S/C15H15N3O3S/c1-9-17-11-4-3-10(7-12(11)21-9)8-13-14(19)18-15(22-13)16-5-6-20-2/h3-4,7-8H,5-6H2,1-2H3,(H,16,18,19)/b13-8+. The van der Waals surface area contributed by atoms with Gasteiger partial charge in [-0.1, -0.05) is 6.07 Å². The predicted molar refractivity (Wildman–Crippen MR) is 86.6 cm³/mol. The summed E-state index contributed by atoms with van der Waals surface area (Å²) in [6.45, 7) is 2.86. The zero-order chi connectivity index (χ0) is 15.5. The van der Waals surface area contributed by atoms with E-state index in [4.69, 9.17) is 9.15 Å². The number of fused-ring (bicyclic) bond motifs is 1. The summed E-state index contributed by atoms with van der Waals surface area (Å²) >= 11 is 1.32. The van der Waals surface area contributed by atoms with Crippen LogP contribution in [0.2, 0.25) is 0 Å². The van der Waals surface area contributed by atoms with Crippen molar-refractivity contribution in [2.75, 3.05) is 20.3 Å². The van der Waals surface area contributed by atoms with E-state index in [1.54, 1.807) is 14.0 Å². The van der Waals surface area contributed by atoms with E-state index >= 15 is 0 Å². The van der Waals surface area contributed by atoms with Crippen LogP contribution in [0.25, 0.3) is 17.2 Å². The quantitative estimate of drug-likeness (QED) is 0.692. The summed E-state index contributed by atoms with van der Waals surface area (Å²) < 4.78 is 10.4. The first-order chi connectivity index (χ1) is 10.7. The highest BCUT2D eigenvalue weighted by Gasteiger charge is 2.23. The normalized spacial score (nSPS) is 18.5. The number of carbonyl (C=O) groups excluding carboxylic acids is 1. The van der Waals surface area contributed by atoms with E-state index < -0.39 is 0 Å². The molecule has 6 nitrogen and oxygen atoms in total. The summed E-state index contributed by atoms with van der Waals surface area (Å²) in [4.78, 5) is 21.1. The third-order valence-corrected chi connectivity index (χ3v) is 3.97. The molecular formula is C15H15N3O3S. The van der Waals surface area contributed by atoms with Crippen LogP contribution in [0.5, 0.6) is 0 Å². The Bertz CT molecular complexity index is 779. The second-order valence-electron chi connectivity index (χ2n) is 4.70. The number of rotatable bonds is 4. The Kier molecular flexibility index (Phi) is 4.26. The zero-order valence-corrected chi connectivity index (χ0v) is 13.1. The first-order valence-corrected chi connectivity index (χ1v) is 7.59. The van der Waals surface area contributed by atoms with Gasteiger partial charge in [-0.05, 0) is 35.5 Å². The highest BCUT2D eigenvalue weighted by Crippen LogP contribution is 2.27. The number of methoxy groups -OCH3 is 1. The number of aryl methyl sites for hydroxylation is 1. The van der Waals surface area contributed by atoms with Crippen LogP contribution in [0, 0.1) is 6.92 Å². The third kappa shape index (κ3) is 3.20. The number of aromatic nitrogens is 1. The molecule has 1 aliphatic heterocycles. The number of hydrogen-bond acceptors (Lipinski definition) is 6. The van der Waals surface area contributed by atoms with E-state index in [2.05, 4.69) is 15.3 Å². The van der Waals surface area contributed by atoms with Crippen molar-refractivity contribution in [3.05, 3.63) is 34.6 Å². The van der Waals surface area contributed by atoms with E-state index in [9.17, 15) is 4.79 Å². The van der Waals surface area contributed by atoms with Crippen molar-refractivity contribution < 1.29 is 13.9 Å². The lowest BCUT2D eigenvalue weighted by Gasteiger charge is -1.95. The van der Waals surface area contributed by atoms with Gasteiger partial charge in [0.25, 0.3) is 5.91 Å². The number of thioether (sulfide) groups is 1. The number of ether oxygens (including phenoxy) is 1. The van der Waals surface area contributed by atoms with Gasteiger partial charge in [-0.25, -0.2) is 4.98 Å². The minimum absolute atomic E-state index is 0.144. The number of benzene rings is 1. The average molecular weight is 317 g/mol. The van der Waals surface area contributed by atoms with E-state index in [-0.39, 0.29) is 5.91 Å². The highest BCUT2D eigenvalue weighted by molar-refractivity contribution is 8.18. The Labute approximate surface area is 131 Å². The second kappa shape index (κ2) is 6.33. The molecule has 0 spiro atoms. The van der Waals surface area contributed by atoms with Gasteiger partial charge >= 0.3 is 0 Å². The largest absolute Gasteiger partial charge is 0.441 e. The molecule has 0 radical (unpaired) electrons. The fraction of sp³-hybridized carbons (Fsp3) is 0.267. The minimum atomic E-state index is -0.144. The molecule has 0 aliphatic carbocycles. The lowest BCUT2D eigenvalue weighted by molar-refractivity contribution is -0.115. The van der Waals surface area contributed by atoms with Crippen LogP contribution in [0.3, 0.4) is 0 Å². The summed E-state index contributed by atoms with van der Waals surface area (Å²) in [5.41, 5.74) is 2.41. The lowest BCUT2D eigenvalue weighted by Crippen LogP contribution is -2.20. The maximum atomic E-state index is 11.9. The topological polar surface area (TPSA) is 76.7 Å². The minimum Gasteiger partial charge on any atom is -0.441 e. The molecule has 0 saturated carbocycles. The SMILES string of the molecule is COCCN=C1NC(=O)/C(=C\c2ccc3nc(C)oc3c2)S1. The van der Waals surface area contributed by atoms with E-state index in [1.807, 2.05) is 24.3 Å². The van der Waals surface area contributed by atoms with Crippen molar-refractivity contribution in [2.45, 2.75) is 6.92 Å². The molecule has 114 valence electrons. The van der Waals surface area contributed by atoms with Gasteiger partial charge in [-0.2, -0.15) is 0 Å². The number of carbonyl (C=O) groups is 1. The van der Waals surface area contributed by atoms with Crippen molar-refractivity contribution in [3.8, 4) is 0 Å². The van der Waals surface area contributed by atoms with Crippen molar-refractivity contribution >= 4 is 40.0 Å². The molecule has 2 heterocycles. The van der Waals surface area contributed by atoms with Crippen LogP contribution in [0.1, 0.15) is 11.5 Å². The predicted octanol–water partition coefficient (Wildman–Crippen LogP) is 2.34. The highest BCUT2D eigenvalue weighted by atomic mass is 32.2. The van der Waals surface area contributed by atoms with Crippen LogP contribution in [0.4, 0.5) is 0 Å². The maximum absolute atomic E-state index is 11.9. The fourth-order valence-electron chi connectivity index (χ4n) is 2.04. The van der Waals surface area contributed by atoms with Gasteiger partial charge in [-0.3, -0.25) is 9.79 Å². The van der Waals surface area contributed by atoms with Gasteiger partial charge in [0.2, 0.25) is 0 Å². The molecule has 0 atom stereocenters. The summed E-state index contributed by atoms with van der Waals surface area (Å²) in [6, 6.07) is 5.66. The smallest absolute Gasteiger partial charge is 0.264 e. The van der Waals surface area contributed by atoms with E-state index in [1.165, 1.54) is 11.8 Å². The Balaban J connectivity index is 1.81. The maximum Gasteiger partial charge on any atom is 0.264 e. The Hall–Kier alpha value is -2.12. The molecule has 1 N–H and O–H groups in total. The number of nitrogens with zero attached hydrogens (tertiary/aromatic N) is 2. The van der Waals surface area contributed by atoms with Crippen molar-refractivity contribution in [1.82, 2.24) is 10.3 Å². The Morgan fingerprint density at radius 1 is 1.50 bits per heavy atom. The summed E-state index contributed by atoms with van der Waals surface area (Å²) in [5.74, 6) is 0.482. The number of nitrogens with one attached hydrogen (secondary N) is 1. The number of oxazole rings is 1. The molecule has 2 aromatic rings. The molecular weight excluding hydrogens is 302 g/mol. The molecule has 1 saturated heterocycles. The van der Waals surface area contributed by atoms with Crippen molar-refractivity contribution in [2.24, 2.45) is 4.99 Å². The fourth-order valence-corrected chi connectivity index (χ4v) is 2.88. The second-order valence-corrected chi connectivity index (χ2v) is 5.74. The molecule has 0 unspecified atom stereocenters. The molecule has 22 heavy (non-hydrogen) atoms. The summed E-state index contributed by atoms with van der Waals surface area (Å²) in [6.07, 6.45) is 1.82. The van der Waals surface area contributed by atoms with Gasteiger partial charge in [0.15, 0.2) is 16.6 Å². The lowest BCUT2D eigenvalue weighted by atomic mass is 10.2. The van der Waals surface area contributed by atoms with Gasteiger partial charge in [-0.15, -0.1) is 0 Å². The van der Waals surface area contributed by atoms with Crippen LogP contribution >= 0.6 is 11.8 Å². The van der Waals surface area contributed by atoms with Crippen LogP contribution in [-0.4, -0.2) is 36.3 Å². The summed E-state index contributed by atoms with van der Waals surface area (Å²) in [7, 11) is 1.62. The van der Waals surface area contributed by atoms with Gasteiger partial charge in [0.05, 0.1) is 18.1 Å². The molecule has 0 bridgehead atoms. The zero-order valence-electron chi connectivity index (χ0n) is 12.3. The molecule has 1 amide bonds. The number of amides is 1. The Morgan fingerprint density at radius 3 is 3.18 bits per heavy atom. The first-order valence-electron chi connectivity index (χ1n) is 6.77. The molecule has 3 rings (SSSR count). The number of hydrogen-bond donors (Lipinski definition) is 1. The first kappa shape index (κ1) is 14.8. The average Bonchev–Trinajstić information content (AvgIpc) is 3.01. The van der Waals surface area contributed by atoms with Crippen molar-refractivity contribution in [3.63, 3.8) is 0 Å². The van der Waals surface area contributed by atoms with Gasteiger partial charge in [0.1, 0.15) is 5.52 Å². The molecule has 1 aliphatic rings. The van der Waals surface area contributed by atoms with Crippen LogP contribution in [0.15, 0.2) is 32.5 Å². The van der Waals surface area contributed by atoms with Crippen molar-refractivity contribution in [1.29, 1.82) is 0 Å². The van der Waals surface area contributed by atoms with Gasteiger partial charge in [0, 0.05) is 14.0 Å². The number of amidine groups is 1. The van der Waals surface area contributed by atoms with Crippen LogP contribution < -0.4 is 5.32 Å². The third-order valence-electron chi connectivity index (χ3n) is 3.02.